The van der Waals surface area contributed by atoms with Crippen LogP contribution in [-0.4, -0.2) is 37.8 Å². The van der Waals surface area contributed by atoms with Crippen molar-refractivity contribution >= 4 is 5.71 Å². The van der Waals surface area contributed by atoms with E-state index in [-0.39, 0.29) is 0 Å². The van der Waals surface area contributed by atoms with Crippen LogP contribution in [0.4, 0.5) is 0 Å². The van der Waals surface area contributed by atoms with E-state index in [1.807, 2.05) is 6.08 Å². The van der Waals surface area contributed by atoms with Crippen LogP contribution in [0.1, 0.15) is 17.5 Å². The van der Waals surface area contributed by atoms with Gasteiger partial charge in [-0.2, -0.15) is 0 Å². The molecule has 3 aliphatic heterocycles. The molecule has 0 saturated carbocycles. The first-order valence-corrected chi connectivity index (χ1v) is 8.56. The van der Waals surface area contributed by atoms with Crippen molar-refractivity contribution in [1.29, 1.82) is 0 Å². The van der Waals surface area contributed by atoms with E-state index < -0.39 is 0 Å². The van der Waals surface area contributed by atoms with Crippen LogP contribution in [0.2, 0.25) is 0 Å². The average molecular weight is 338 g/mol. The van der Waals surface area contributed by atoms with E-state index in [2.05, 4.69) is 29.0 Å². The van der Waals surface area contributed by atoms with Crippen molar-refractivity contribution in [2.24, 2.45) is 5.92 Å². The van der Waals surface area contributed by atoms with Crippen LogP contribution in [0, 0.1) is 5.92 Å². The van der Waals surface area contributed by atoms with Crippen LogP contribution < -0.4 is 9.47 Å². The second-order valence-corrected chi connectivity index (χ2v) is 6.61. The fourth-order valence-corrected chi connectivity index (χ4v) is 4.14. The van der Waals surface area contributed by atoms with Gasteiger partial charge in [0.15, 0.2) is 41.5 Å². The number of benzene rings is 1. The Kier molecular flexibility index (Phi) is 3.17. The largest absolute Gasteiger partial charge is 0.493 e. The summed E-state index contributed by atoms with van der Waals surface area (Å²) in [5.41, 5.74) is 5.15. The van der Waals surface area contributed by atoms with Crippen molar-refractivity contribution in [2.45, 2.75) is 12.8 Å². The molecule has 0 radical (unpaired) electrons. The molecule has 25 heavy (non-hydrogen) atoms. The van der Waals surface area contributed by atoms with Crippen molar-refractivity contribution in [1.82, 2.24) is 0 Å². The average Bonchev–Trinajstić information content (AvgIpc) is 3.11. The number of methoxy groups -OCH3 is 2. The van der Waals surface area contributed by atoms with Crippen molar-refractivity contribution < 1.29 is 23.5 Å². The highest BCUT2D eigenvalue weighted by Gasteiger charge is 2.38. The Morgan fingerprint density at radius 2 is 1.96 bits per heavy atom. The fourth-order valence-electron chi connectivity index (χ4n) is 4.14. The van der Waals surface area contributed by atoms with Gasteiger partial charge in [0.2, 0.25) is 6.79 Å². The molecule has 1 aliphatic carbocycles. The molecular weight excluding hydrogens is 318 g/mol. The van der Waals surface area contributed by atoms with Crippen molar-refractivity contribution in [3.05, 3.63) is 58.7 Å². The van der Waals surface area contributed by atoms with Crippen LogP contribution in [0.5, 0.6) is 11.5 Å². The highest BCUT2D eigenvalue weighted by molar-refractivity contribution is 6.00. The third kappa shape index (κ3) is 2.11. The van der Waals surface area contributed by atoms with Crippen LogP contribution in [0.15, 0.2) is 47.6 Å². The minimum absolute atomic E-state index is 0.302. The highest BCUT2D eigenvalue weighted by Crippen LogP contribution is 2.40. The molecule has 128 valence electrons. The molecule has 0 bridgehead atoms. The highest BCUT2D eigenvalue weighted by atomic mass is 16.7. The Bertz CT molecular complexity index is 891. The predicted molar refractivity (Wildman–Crippen MR) is 91.9 cm³/mol. The van der Waals surface area contributed by atoms with E-state index in [9.17, 15) is 0 Å². The molecule has 0 spiro atoms. The van der Waals surface area contributed by atoms with Gasteiger partial charge < -0.3 is 18.9 Å². The van der Waals surface area contributed by atoms with Crippen LogP contribution in [0.3, 0.4) is 0 Å². The molecule has 4 aliphatic rings. The van der Waals surface area contributed by atoms with E-state index in [1.54, 1.807) is 14.2 Å². The number of allylic oxidation sites excluding steroid dienone is 3. The topological polar surface area (TPSA) is 39.9 Å². The Morgan fingerprint density at radius 3 is 2.76 bits per heavy atom. The summed E-state index contributed by atoms with van der Waals surface area (Å²) >= 11 is 0. The van der Waals surface area contributed by atoms with E-state index in [1.165, 1.54) is 22.4 Å². The van der Waals surface area contributed by atoms with Gasteiger partial charge in [0.1, 0.15) is 0 Å². The molecular formula is C20H20NO4+. The summed E-state index contributed by atoms with van der Waals surface area (Å²) in [7, 11) is 3.39. The number of ether oxygens (including phenoxy) is 4. The van der Waals surface area contributed by atoms with Gasteiger partial charge in [-0.05, 0) is 23.8 Å². The number of nitrogens with zero attached hydrogens (tertiary/aromatic N) is 1. The lowest BCUT2D eigenvalue weighted by atomic mass is 9.82. The van der Waals surface area contributed by atoms with Gasteiger partial charge in [0.05, 0.1) is 19.8 Å². The third-order valence-electron chi connectivity index (χ3n) is 5.38. The Hall–Kier alpha value is -2.69. The predicted octanol–water partition coefficient (Wildman–Crippen LogP) is 2.75. The molecule has 0 amide bonds. The standard InChI is InChI=1S/C20H20NO4/c1-22-17-4-3-12-7-16-14-9-19-18(24-11-25-19)8-13(14)5-6-21(16)10-15(12)20(17)23-2/h3-4,8-10,12H,5-7,11H2,1-2H3/q+1. The van der Waals surface area contributed by atoms with E-state index in [0.29, 0.717) is 12.7 Å². The lowest BCUT2D eigenvalue weighted by Gasteiger charge is -2.28. The van der Waals surface area contributed by atoms with Gasteiger partial charge in [0, 0.05) is 24.3 Å². The van der Waals surface area contributed by atoms with Gasteiger partial charge in [-0.25, -0.2) is 4.58 Å². The zero-order chi connectivity index (χ0) is 17.0. The maximum absolute atomic E-state index is 5.64. The Morgan fingerprint density at radius 1 is 1.12 bits per heavy atom. The van der Waals surface area contributed by atoms with Gasteiger partial charge in [0.25, 0.3) is 0 Å². The monoisotopic (exact) mass is 338 g/mol. The minimum Gasteiger partial charge on any atom is -0.493 e. The zero-order valence-corrected chi connectivity index (χ0v) is 14.4. The molecule has 5 heteroatoms. The summed E-state index contributed by atoms with van der Waals surface area (Å²) < 4.78 is 24.6. The van der Waals surface area contributed by atoms with Gasteiger partial charge >= 0.3 is 0 Å². The number of rotatable bonds is 2. The minimum atomic E-state index is 0.302. The molecule has 0 saturated heterocycles. The molecule has 1 aromatic rings. The SMILES string of the molecule is COC1=C(OC)C2=C[N+]3=C(CC2C=C1)c1cc2c(cc1CC3)OCO2. The molecule has 1 aromatic carbocycles. The van der Waals surface area contributed by atoms with Crippen molar-refractivity contribution in [3.63, 3.8) is 0 Å². The summed E-state index contributed by atoms with van der Waals surface area (Å²) in [4.78, 5) is 0. The Balaban J connectivity index is 1.63. The second kappa shape index (κ2) is 5.41. The first kappa shape index (κ1) is 14.6. The van der Waals surface area contributed by atoms with Crippen molar-refractivity contribution in [2.75, 3.05) is 27.6 Å². The van der Waals surface area contributed by atoms with E-state index >= 15 is 0 Å². The fraction of sp³-hybridized carbons (Fsp3) is 0.350. The van der Waals surface area contributed by atoms with Crippen LogP contribution in [0.25, 0.3) is 0 Å². The molecule has 3 heterocycles. The van der Waals surface area contributed by atoms with Gasteiger partial charge in [-0.15, -0.1) is 0 Å². The van der Waals surface area contributed by atoms with Crippen LogP contribution in [-0.2, 0) is 15.9 Å². The van der Waals surface area contributed by atoms with Gasteiger partial charge in [-0.3, -0.25) is 0 Å². The Labute approximate surface area is 146 Å². The van der Waals surface area contributed by atoms with E-state index in [0.717, 1.165) is 42.4 Å². The molecule has 0 fully saturated rings. The molecule has 0 aromatic heterocycles. The summed E-state index contributed by atoms with van der Waals surface area (Å²) in [6.45, 7) is 1.27. The molecule has 5 nitrogen and oxygen atoms in total. The maximum Gasteiger partial charge on any atom is 0.231 e. The van der Waals surface area contributed by atoms with Crippen LogP contribution >= 0.6 is 0 Å². The number of hydrogen-bond acceptors (Lipinski definition) is 4. The lowest BCUT2D eigenvalue weighted by Crippen LogP contribution is -2.33. The molecule has 5 rings (SSSR count). The normalized spacial score (nSPS) is 23.0. The van der Waals surface area contributed by atoms with E-state index in [4.69, 9.17) is 18.9 Å². The number of fused-ring (bicyclic) bond motifs is 4. The summed E-state index contributed by atoms with van der Waals surface area (Å²) in [5, 5.41) is 0. The first-order valence-electron chi connectivity index (χ1n) is 8.56. The van der Waals surface area contributed by atoms with Crippen molar-refractivity contribution in [3.8, 4) is 11.5 Å². The summed E-state index contributed by atoms with van der Waals surface area (Å²) in [6.07, 6.45) is 8.37. The lowest BCUT2D eigenvalue weighted by molar-refractivity contribution is -0.462. The molecule has 1 atom stereocenters. The summed E-state index contributed by atoms with van der Waals surface area (Å²) in [5.74, 6) is 3.64. The smallest absolute Gasteiger partial charge is 0.231 e. The summed E-state index contributed by atoms with van der Waals surface area (Å²) in [6, 6.07) is 4.28. The quantitative estimate of drug-likeness (QED) is 0.778. The van der Waals surface area contributed by atoms with Gasteiger partial charge in [-0.1, -0.05) is 6.08 Å². The second-order valence-electron chi connectivity index (χ2n) is 6.61. The molecule has 1 unspecified atom stereocenters. The number of hydrogen-bond donors (Lipinski definition) is 0. The zero-order valence-electron chi connectivity index (χ0n) is 14.4. The first-order chi connectivity index (χ1) is 12.3. The molecule has 0 N–H and O–H groups in total. The maximum atomic E-state index is 5.64. The third-order valence-corrected chi connectivity index (χ3v) is 5.38.